The normalized spacial score (nSPS) is 26.8. The van der Waals surface area contributed by atoms with Crippen LogP contribution in [0.4, 0.5) is 8.78 Å². The molecule has 1 aromatic heterocycles. The van der Waals surface area contributed by atoms with Crippen molar-refractivity contribution in [2.24, 2.45) is 11.3 Å². The van der Waals surface area contributed by atoms with Crippen LogP contribution in [0.25, 0.3) is 10.9 Å². The number of methoxy groups -OCH3 is 2. The molecule has 4 atom stereocenters. The smallest absolute Gasteiger partial charge is 0.328 e. The fraction of sp³-hybridized carbons (Fsp3) is 0.556. The highest BCUT2D eigenvalue weighted by Gasteiger charge is 2.75. The Hall–Kier alpha value is -3.50. The summed E-state index contributed by atoms with van der Waals surface area (Å²) in [5, 5.41) is 3.26. The van der Waals surface area contributed by atoms with Gasteiger partial charge in [0.15, 0.2) is 0 Å². The number of nitrogens with zero attached hydrogens (tertiary/aromatic N) is 1. The number of hydrogen-bond donors (Lipinski definition) is 2. The zero-order chi connectivity index (χ0) is 27.2. The highest BCUT2D eigenvalue weighted by molar-refractivity contribution is 6.02. The molecule has 204 valence electrons. The van der Waals surface area contributed by atoms with Crippen LogP contribution in [0.2, 0.25) is 0 Å². The lowest BCUT2D eigenvalue weighted by Gasteiger charge is -2.28. The van der Waals surface area contributed by atoms with Gasteiger partial charge in [-0.05, 0) is 43.9 Å². The van der Waals surface area contributed by atoms with Crippen LogP contribution in [-0.2, 0) is 19.1 Å². The zero-order valence-electron chi connectivity index (χ0n) is 21.4. The maximum absolute atomic E-state index is 14.4. The number of aromatic amines is 1. The average molecular weight is 532 g/mol. The van der Waals surface area contributed by atoms with Crippen molar-refractivity contribution in [3.8, 4) is 5.75 Å². The van der Waals surface area contributed by atoms with Crippen LogP contribution in [-0.4, -0.2) is 72.2 Å². The van der Waals surface area contributed by atoms with E-state index in [1.807, 2.05) is 0 Å². The number of Topliss-reactive ketones (excluding diaryl/α,β-unsaturated/α-hetero) is 1. The van der Waals surface area contributed by atoms with Crippen molar-refractivity contribution < 1.29 is 37.4 Å². The number of likely N-dealkylation sites (tertiary alicyclic amines) is 1. The van der Waals surface area contributed by atoms with Gasteiger partial charge in [-0.25, -0.2) is 13.6 Å². The van der Waals surface area contributed by atoms with E-state index in [2.05, 4.69) is 10.3 Å². The van der Waals surface area contributed by atoms with Gasteiger partial charge in [0.1, 0.15) is 29.3 Å². The third kappa shape index (κ3) is 4.52. The van der Waals surface area contributed by atoms with E-state index in [1.54, 1.807) is 24.3 Å². The minimum atomic E-state index is -2.99. The quantitative estimate of drug-likeness (QED) is 0.530. The minimum absolute atomic E-state index is 0.0305. The van der Waals surface area contributed by atoms with E-state index >= 15 is 0 Å². The molecule has 1 saturated heterocycles. The number of fused-ring (bicyclic) bond motifs is 1. The Bertz CT molecular complexity index is 1290. The zero-order valence-corrected chi connectivity index (χ0v) is 21.4. The molecule has 2 saturated carbocycles. The van der Waals surface area contributed by atoms with E-state index in [4.69, 9.17) is 9.47 Å². The summed E-state index contributed by atoms with van der Waals surface area (Å²) >= 11 is 0. The van der Waals surface area contributed by atoms with Crippen LogP contribution in [0.5, 0.6) is 5.75 Å². The Morgan fingerprint density at radius 1 is 1.24 bits per heavy atom. The number of carbonyl (C=O) groups is 4. The number of carbonyl (C=O) groups excluding carboxylic acids is 4. The van der Waals surface area contributed by atoms with Crippen molar-refractivity contribution in [2.45, 2.75) is 63.0 Å². The van der Waals surface area contributed by atoms with Gasteiger partial charge in [0, 0.05) is 36.2 Å². The fourth-order valence-corrected chi connectivity index (χ4v) is 5.99. The van der Waals surface area contributed by atoms with Gasteiger partial charge in [0.05, 0.1) is 19.6 Å². The Balaban J connectivity index is 1.40. The first-order chi connectivity index (χ1) is 18.1. The third-order valence-electron chi connectivity index (χ3n) is 8.29. The predicted octanol–water partition coefficient (Wildman–Crippen LogP) is 3.22. The monoisotopic (exact) mass is 531 g/mol. The van der Waals surface area contributed by atoms with Crippen molar-refractivity contribution in [3.63, 3.8) is 0 Å². The number of hydrogen-bond acceptors (Lipinski definition) is 6. The van der Waals surface area contributed by atoms with Gasteiger partial charge < -0.3 is 24.7 Å². The largest absolute Gasteiger partial charge is 0.496 e. The molecule has 5 rings (SSSR count). The van der Waals surface area contributed by atoms with Crippen molar-refractivity contribution >= 4 is 34.5 Å². The molecule has 9 nitrogen and oxygen atoms in total. The highest BCUT2D eigenvalue weighted by Crippen LogP contribution is 2.66. The average Bonchev–Trinajstić information content (AvgIpc) is 3.25. The molecular formula is C27H31F2N3O6. The molecule has 11 heteroatoms. The number of H-pyrrole nitrogens is 1. The minimum Gasteiger partial charge on any atom is -0.496 e. The first kappa shape index (κ1) is 26.1. The molecule has 3 fully saturated rings. The summed E-state index contributed by atoms with van der Waals surface area (Å²) in [5.41, 5.74) is -0.711. The van der Waals surface area contributed by atoms with Gasteiger partial charge in [-0.2, -0.15) is 0 Å². The van der Waals surface area contributed by atoms with E-state index < -0.39 is 53.5 Å². The van der Waals surface area contributed by atoms with E-state index in [-0.39, 0.29) is 30.9 Å². The summed E-state index contributed by atoms with van der Waals surface area (Å²) in [4.78, 5) is 56.1. The molecule has 0 radical (unpaired) electrons. The second-order valence-corrected chi connectivity index (χ2v) is 10.6. The molecule has 1 aliphatic heterocycles. The third-order valence-corrected chi connectivity index (χ3v) is 8.29. The molecule has 1 spiro atoms. The Kier molecular flexibility index (Phi) is 6.65. The summed E-state index contributed by atoms with van der Waals surface area (Å²) < 4.78 is 39.1. The SMILES string of the molecule is COC(=O)[C@H](C[C@@H]1CCCCC1=O)NC(=O)[C@@H]1C[C@@]2(CN1C(=O)c1cc3c(OC)cccc3[nH]1)CC2(F)F. The van der Waals surface area contributed by atoms with E-state index in [0.717, 1.165) is 17.7 Å². The molecule has 0 unspecified atom stereocenters. The first-order valence-electron chi connectivity index (χ1n) is 12.8. The standard InChI is InChI=1S/C27H31F2N3O6/c1-37-22-9-5-7-17-16(22)11-18(30-17)24(35)32-14-26(13-27(26,28)29)12-20(32)23(34)31-19(25(36)38-2)10-15-6-3-4-8-21(15)33/h5,7,9,11,15,19-20,30H,3-4,6,8,10,12-14H2,1-2H3,(H,31,34)/t15-,19-,20-,26-/m0/s1. The van der Waals surface area contributed by atoms with Crippen molar-refractivity contribution in [1.29, 1.82) is 0 Å². The fourth-order valence-electron chi connectivity index (χ4n) is 5.99. The van der Waals surface area contributed by atoms with Gasteiger partial charge in [0.25, 0.3) is 11.8 Å². The Labute approximate surface area is 218 Å². The number of aromatic nitrogens is 1. The number of ketones is 1. The van der Waals surface area contributed by atoms with Gasteiger partial charge in [-0.3, -0.25) is 14.4 Å². The predicted molar refractivity (Wildman–Crippen MR) is 132 cm³/mol. The van der Waals surface area contributed by atoms with Crippen LogP contribution >= 0.6 is 0 Å². The molecule has 38 heavy (non-hydrogen) atoms. The van der Waals surface area contributed by atoms with Crippen LogP contribution in [0.15, 0.2) is 24.3 Å². The molecule has 2 aromatic rings. The number of rotatable bonds is 7. The first-order valence-corrected chi connectivity index (χ1v) is 12.8. The Morgan fingerprint density at radius 3 is 2.66 bits per heavy atom. The summed E-state index contributed by atoms with van der Waals surface area (Å²) in [7, 11) is 2.68. The molecular weight excluding hydrogens is 500 g/mol. The molecule has 2 amide bonds. The van der Waals surface area contributed by atoms with Gasteiger partial charge >= 0.3 is 5.97 Å². The van der Waals surface area contributed by atoms with Crippen LogP contribution < -0.4 is 10.1 Å². The van der Waals surface area contributed by atoms with Crippen molar-refractivity contribution in [1.82, 2.24) is 15.2 Å². The number of nitrogens with one attached hydrogen (secondary N) is 2. The second-order valence-electron chi connectivity index (χ2n) is 10.6. The maximum Gasteiger partial charge on any atom is 0.328 e. The van der Waals surface area contributed by atoms with E-state index in [1.165, 1.54) is 14.2 Å². The van der Waals surface area contributed by atoms with E-state index in [9.17, 15) is 28.0 Å². The highest BCUT2D eigenvalue weighted by atomic mass is 19.3. The lowest BCUT2D eigenvalue weighted by atomic mass is 9.83. The summed E-state index contributed by atoms with van der Waals surface area (Å²) in [6, 6.07) is 4.49. The van der Waals surface area contributed by atoms with Gasteiger partial charge in [-0.15, -0.1) is 0 Å². The summed E-state index contributed by atoms with van der Waals surface area (Å²) in [6.07, 6.45) is 2.10. The molecule has 0 bridgehead atoms. The van der Waals surface area contributed by atoms with Crippen molar-refractivity contribution in [2.75, 3.05) is 20.8 Å². The Morgan fingerprint density at radius 2 is 2.00 bits per heavy atom. The number of ether oxygens (including phenoxy) is 2. The van der Waals surface area contributed by atoms with Crippen molar-refractivity contribution in [3.05, 3.63) is 30.0 Å². The number of benzene rings is 1. The van der Waals surface area contributed by atoms with Gasteiger partial charge in [-0.1, -0.05) is 12.5 Å². The molecule has 2 aliphatic carbocycles. The lowest BCUT2D eigenvalue weighted by Crippen LogP contribution is -2.52. The lowest BCUT2D eigenvalue weighted by molar-refractivity contribution is -0.146. The van der Waals surface area contributed by atoms with Crippen LogP contribution in [0, 0.1) is 11.3 Å². The number of halogens is 2. The molecule has 3 aliphatic rings. The molecule has 1 aromatic carbocycles. The molecule has 2 heterocycles. The summed E-state index contributed by atoms with van der Waals surface area (Å²) in [5.74, 6) is -4.85. The topological polar surface area (TPSA) is 118 Å². The van der Waals surface area contributed by atoms with Crippen LogP contribution in [0.3, 0.4) is 0 Å². The van der Waals surface area contributed by atoms with E-state index in [0.29, 0.717) is 29.5 Å². The number of alkyl halides is 2. The van der Waals surface area contributed by atoms with Crippen LogP contribution in [0.1, 0.15) is 55.4 Å². The number of esters is 1. The van der Waals surface area contributed by atoms with Gasteiger partial charge in [0.2, 0.25) is 5.91 Å². The second kappa shape index (κ2) is 9.67. The molecule has 2 N–H and O–H groups in total. The summed E-state index contributed by atoms with van der Waals surface area (Å²) in [6.45, 7) is -0.284. The maximum atomic E-state index is 14.4. The number of amides is 2.